The van der Waals surface area contributed by atoms with Crippen LogP contribution in [0.15, 0.2) is 42.5 Å². The Morgan fingerprint density at radius 3 is 2.24 bits per heavy atom. The van der Waals surface area contributed by atoms with Gasteiger partial charge in [0.25, 0.3) is 0 Å². The minimum absolute atomic E-state index is 0.0514. The lowest BCUT2D eigenvalue weighted by Gasteiger charge is -2.32. The number of nitrogens with zero attached hydrogens (tertiary/aromatic N) is 1. The molecule has 0 aliphatic heterocycles. The van der Waals surface area contributed by atoms with Crippen molar-refractivity contribution in [1.82, 2.24) is 10.2 Å². The van der Waals surface area contributed by atoms with Gasteiger partial charge in [-0.15, -0.1) is 0 Å². The predicted molar refractivity (Wildman–Crippen MR) is 114 cm³/mol. The summed E-state index contributed by atoms with van der Waals surface area (Å²) >= 11 is 12.6. The van der Waals surface area contributed by atoms with Gasteiger partial charge in [-0.1, -0.05) is 54.4 Å². The van der Waals surface area contributed by atoms with Gasteiger partial charge in [0.15, 0.2) is 0 Å². The van der Waals surface area contributed by atoms with Gasteiger partial charge in [-0.3, -0.25) is 9.59 Å². The van der Waals surface area contributed by atoms with E-state index in [1.165, 1.54) is 11.0 Å². The highest BCUT2D eigenvalue weighted by atomic mass is 35.5. The molecule has 1 atom stereocenters. The van der Waals surface area contributed by atoms with E-state index >= 15 is 0 Å². The smallest absolute Gasteiger partial charge is 0.243 e. The number of amides is 2. The molecule has 156 valence electrons. The summed E-state index contributed by atoms with van der Waals surface area (Å²) in [4.78, 5) is 27.4. The van der Waals surface area contributed by atoms with Crippen LogP contribution < -0.4 is 5.32 Å². The molecule has 2 rings (SSSR count). The van der Waals surface area contributed by atoms with Gasteiger partial charge in [0.2, 0.25) is 11.8 Å². The lowest BCUT2D eigenvalue weighted by Crippen LogP contribution is -2.50. The quantitative estimate of drug-likeness (QED) is 0.629. The maximum atomic E-state index is 14.1. The van der Waals surface area contributed by atoms with Gasteiger partial charge in [-0.2, -0.15) is 0 Å². The van der Waals surface area contributed by atoms with Crippen LogP contribution in [0, 0.1) is 5.82 Å². The summed E-state index contributed by atoms with van der Waals surface area (Å²) in [5.74, 6) is -1.11. The van der Waals surface area contributed by atoms with Gasteiger partial charge < -0.3 is 10.2 Å². The first-order valence-corrected chi connectivity index (χ1v) is 10.3. The Kier molecular flexibility index (Phi) is 8.47. The van der Waals surface area contributed by atoms with Crippen molar-refractivity contribution < 1.29 is 14.0 Å². The number of nitrogens with one attached hydrogen (secondary N) is 1. The van der Waals surface area contributed by atoms with E-state index in [1.54, 1.807) is 36.4 Å². The maximum absolute atomic E-state index is 14.1. The van der Waals surface area contributed by atoms with Crippen LogP contribution in [-0.2, 0) is 22.6 Å². The Balaban J connectivity index is 2.39. The van der Waals surface area contributed by atoms with Crippen LogP contribution in [0.5, 0.6) is 0 Å². The van der Waals surface area contributed by atoms with Crippen LogP contribution in [-0.4, -0.2) is 28.8 Å². The second-order valence-electron chi connectivity index (χ2n) is 7.08. The van der Waals surface area contributed by atoms with Crippen molar-refractivity contribution in [1.29, 1.82) is 0 Å². The molecule has 0 unspecified atom stereocenters. The largest absolute Gasteiger partial charge is 0.352 e. The van der Waals surface area contributed by atoms with Crippen molar-refractivity contribution in [2.75, 3.05) is 0 Å². The number of carbonyl (C=O) groups excluding carboxylic acids is 2. The van der Waals surface area contributed by atoms with E-state index in [9.17, 15) is 14.0 Å². The Morgan fingerprint density at radius 1 is 1.07 bits per heavy atom. The van der Waals surface area contributed by atoms with Crippen molar-refractivity contribution in [3.63, 3.8) is 0 Å². The summed E-state index contributed by atoms with van der Waals surface area (Å²) in [5, 5.41) is 3.65. The first kappa shape index (κ1) is 23.2. The van der Waals surface area contributed by atoms with Crippen molar-refractivity contribution in [3.8, 4) is 0 Å². The summed E-state index contributed by atoms with van der Waals surface area (Å²) in [6.45, 7) is 5.57. The molecular weight excluding hydrogens is 414 g/mol. The zero-order valence-corrected chi connectivity index (χ0v) is 18.2. The molecule has 0 heterocycles. The summed E-state index contributed by atoms with van der Waals surface area (Å²) in [6, 6.07) is 10.4. The minimum Gasteiger partial charge on any atom is -0.352 e. The predicted octanol–water partition coefficient (Wildman–Crippen LogP) is 5.01. The SMILES string of the molecule is CC[C@H](C(=O)NC(C)C)N(Cc1c(Cl)cccc1Cl)C(=O)Cc1ccccc1F. The second-order valence-corrected chi connectivity index (χ2v) is 7.89. The third-order valence-corrected chi connectivity index (χ3v) is 5.21. The number of carbonyl (C=O) groups is 2. The number of halogens is 3. The van der Waals surface area contributed by atoms with E-state index in [-0.39, 0.29) is 36.4 Å². The summed E-state index contributed by atoms with van der Waals surface area (Å²) in [6.07, 6.45) is 0.226. The van der Waals surface area contributed by atoms with Crippen LogP contribution in [0.2, 0.25) is 10.0 Å². The highest BCUT2D eigenvalue weighted by Crippen LogP contribution is 2.27. The Labute approximate surface area is 181 Å². The fraction of sp³-hybridized carbons (Fsp3) is 0.364. The van der Waals surface area contributed by atoms with E-state index < -0.39 is 11.9 Å². The molecule has 0 bridgehead atoms. The van der Waals surface area contributed by atoms with Crippen LogP contribution in [0.4, 0.5) is 4.39 Å². The van der Waals surface area contributed by atoms with Gasteiger partial charge in [-0.25, -0.2) is 4.39 Å². The van der Waals surface area contributed by atoms with Crippen molar-refractivity contribution in [2.24, 2.45) is 0 Å². The topological polar surface area (TPSA) is 49.4 Å². The van der Waals surface area contributed by atoms with E-state index in [1.807, 2.05) is 20.8 Å². The molecular formula is C22H25Cl2FN2O2. The van der Waals surface area contributed by atoms with Gasteiger partial charge in [-0.05, 0) is 44.0 Å². The number of rotatable bonds is 8. The lowest BCUT2D eigenvalue weighted by atomic mass is 10.1. The second kappa shape index (κ2) is 10.6. The van der Waals surface area contributed by atoms with Crippen LogP contribution >= 0.6 is 23.2 Å². The molecule has 0 aromatic heterocycles. The average Bonchev–Trinajstić information content (AvgIpc) is 2.65. The molecule has 0 radical (unpaired) electrons. The highest BCUT2D eigenvalue weighted by molar-refractivity contribution is 6.36. The fourth-order valence-electron chi connectivity index (χ4n) is 3.06. The minimum atomic E-state index is -0.732. The molecule has 0 aliphatic rings. The monoisotopic (exact) mass is 438 g/mol. The van der Waals surface area contributed by atoms with Crippen molar-refractivity contribution >= 4 is 35.0 Å². The molecule has 7 heteroatoms. The van der Waals surface area contributed by atoms with E-state index in [4.69, 9.17) is 23.2 Å². The van der Waals surface area contributed by atoms with Crippen molar-refractivity contribution in [3.05, 3.63) is 69.5 Å². The summed E-state index contributed by atoms with van der Waals surface area (Å²) in [7, 11) is 0. The molecule has 1 N–H and O–H groups in total. The maximum Gasteiger partial charge on any atom is 0.243 e. The Bertz CT molecular complexity index is 853. The van der Waals surface area contributed by atoms with E-state index in [0.717, 1.165) is 0 Å². The van der Waals surface area contributed by atoms with E-state index in [2.05, 4.69) is 5.32 Å². The van der Waals surface area contributed by atoms with Gasteiger partial charge in [0, 0.05) is 28.2 Å². The standard InChI is InChI=1S/C22H25Cl2FN2O2/c1-4-20(22(29)26-14(2)3)27(13-16-17(23)9-7-10-18(16)24)21(28)12-15-8-5-6-11-19(15)25/h5-11,14,20H,4,12-13H2,1-3H3,(H,26,29)/t20-/m1/s1. The summed E-state index contributed by atoms with van der Waals surface area (Å²) in [5.41, 5.74) is 0.820. The first-order valence-electron chi connectivity index (χ1n) is 9.50. The molecule has 2 amide bonds. The molecule has 2 aromatic carbocycles. The number of hydrogen-bond acceptors (Lipinski definition) is 2. The Hall–Kier alpha value is -2.11. The average molecular weight is 439 g/mol. The van der Waals surface area contributed by atoms with Crippen LogP contribution in [0.1, 0.15) is 38.3 Å². The molecule has 0 aliphatic carbocycles. The van der Waals surface area contributed by atoms with Gasteiger partial charge in [0.1, 0.15) is 11.9 Å². The Morgan fingerprint density at radius 2 is 1.69 bits per heavy atom. The molecule has 0 spiro atoms. The third kappa shape index (κ3) is 6.18. The zero-order chi connectivity index (χ0) is 21.6. The lowest BCUT2D eigenvalue weighted by molar-refractivity contribution is -0.141. The van der Waals surface area contributed by atoms with Crippen LogP contribution in [0.3, 0.4) is 0 Å². The zero-order valence-electron chi connectivity index (χ0n) is 16.7. The summed E-state index contributed by atoms with van der Waals surface area (Å²) < 4.78 is 14.1. The molecule has 4 nitrogen and oxygen atoms in total. The fourth-order valence-corrected chi connectivity index (χ4v) is 3.58. The first-order chi connectivity index (χ1) is 13.7. The number of benzene rings is 2. The molecule has 2 aromatic rings. The molecule has 0 saturated carbocycles. The number of hydrogen-bond donors (Lipinski definition) is 1. The molecule has 0 fully saturated rings. The normalized spacial score (nSPS) is 12.0. The molecule has 0 saturated heterocycles. The van der Waals surface area contributed by atoms with Crippen molar-refractivity contribution in [2.45, 2.75) is 52.2 Å². The van der Waals surface area contributed by atoms with Gasteiger partial charge in [0.05, 0.1) is 6.42 Å². The third-order valence-electron chi connectivity index (χ3n) is 4.51. The van der Waals surface area contributed by atoms with Crippen LogP contribution in [0.25, 0.3) is 0 Å². The van der Waals surface area contributed by atoms with Gasteiger partial charge >= 0.3 is 0 Å². The highest BCUT2D eigenvalue weighted by Gasteiger charge is 2.30. The molecule has 29 heavy (non-hydrogen) atoms. The van der Waals surface area contributed by atoms with E-state index in [0.29, 0.717) is 22.0 Å².